The lowest BCUT2D eigenvalue weighted by atomic mass is 9.91. The number of aliphatic hydroxyl groups is 3. The molecule has 4 atom stereocenters. The Morgan fingerprint density at radius 3 is 2.10 bits per heavy atom. The zero-order valence-electron chi connectivity index (χ0n) is 35.2. The first-order valence-corrected chi connectivity index (χ1v) is 20.8. The smallest absolute Gasteiger partial charge is 0.309 e. The maximum Gasteiger partial charge on any atom is 0.309 e. The van der Waals surface area contributed by atoms with E-state index in [1.807, 2.05) is 66.7 Å². The van der Waals surface area contributed by atoms with Gasteiger partial charge >= 0.3 is 11.9 Å². The molecule has 0 amide bonds. The van der Waals surface area contributed by atoms with Crippen LogP contribution >= 0.6 is 0 Å². The van der Waals surface area contributed by atoms with Crippen molar-refractivity contribution in [3.8, 4) is 33.5 Å². The summed E-state index contributed by atoms with van der Waals surface area (Å²) in [7, 11) is 0. The standard InChI is InChI=1S/C27H26FNO3.C24H26FNO4/c1-17(2)27-23(13-12-22-14-21(30)15-26(31)32-22)24(18-8-10-20(28)11-9-18)16-25(29-27)19-6-4-3-5-7-19;1-15(2)26-21-6-4-3-5-20(21)24(16-7-9-17(25)10-8-16)22(26)12-11-18(27)13-19(28)14-23(29)30/h3-13,16-17,21-22,30H,14-15H2,1-2H3;3-12,15,18-19,27-28H,13-14H2,1-2H3,(H,29,30)/b13-12+;12-11+/t21-,22-;18-,19-/m11/s1. The molecule has 0 spiro atoms. The molecule has 1 fully saturated rings. The Hall–Kier alpha value is -6.27. The van der Waals surface area contributed by atoms with E-state index >= 15 is 0 Å². The summed E-state index contributed by atoms with van der Waals surface area (Å²) in [6, 6.07) is 32.7. The topological polar surface area (TPSA) is 142 Å². The molecule has 9 nitrogen and oxygen atoms in total. The number of carbonyl (C=O) groups is 2. The number of benzene rings is 4. The van der Waals surface area contributed by atoms with Gasteiger partial charge in [-0.3, -0.25) is 14.6 Å². The first-order chi connectivity index (χ1) is 29.7. The van der Waals surface area contributed by atoms with Crippen LogP contribution < -0.4 is 0 Å². The lowest BCUT2D eigenvalue weighted by Crippen LogP contribution is -2.31. The number of carbonyl (C=O) groups excluding carboxylic acids is 1. The van der Waals surface area contributed by atoms with E-state index in [4.69, 9.17) is 14.8 Å². The number of aromatic nitrogens is 2. The number of ether oxygens (including phenoxy) is 1. The number of hydrogen-bond acceptors (Lipinski definition) is 7. The second kappa shape index (κ2) is 20.5. The van der Waals surface area contributed by atoms with Crippen LogP contribution in [0.5, 0.6) is 0 Å². The van der Waals surface area contributed by atoms with Gasteiger partial charge in [0, 0.05) is 52.2 Å². The summed E-state index contributed by atoms with van der Waals surface area (Å²) in [5.41, 5.74) is 9.06. The van der Waals surface area contributed by atoms with Crippen LogP contribution in [0.15, 0.2) is 121 Å². The zero-order valence-corrected chi connectivity index (χ0v) is 35.2. The average molecular weight is 843 g/mol. The first-order valence-electron chi connectivity index (χ1n) is 20.8. The number of halogens is 2. The van der Waals surface area contributed by atoms with Crippen molar-refractivity contribution >= 4 is 35.0 Å². The van der Waals surface area contributed by atoms with E-state index in [1.54, 1.807) is 42.5 Å². The van der Waals surface area contributed by atoms with Gasteiger partial charge in [-0.1, -0.05) is 98.8 Å². The number of hydrogen-bond donors (Lipinski definition) is 4. The predicted octanol–water partition coefficient (Wildman–Crippen LogP) is 10.4. The molecule has 4 aromatic carbocycles. The Morgan fingerprint density at radius 2 is 1.48 bits per heavy atom. The maximum atomic E-state index is 13.6. The van der Waals surface area contributed by atoms with Gasteiger partial charge in [-0.2, -0.15) is 0 Å². The lowest BCUT2D eigenvalue weighted by Gasteiger charge is -2.24. The van der Waals surface area contributed by atoms with Gasteiger partial charge in [-0.05, 0) is 85.0 Å². The molecule has 0 saturated carbocycles. The fourth-order valence-corrected chi connectivity index (χ4v) is 7.71. The van der Waals surface area contributed by atoms with E-state index in [1.165, 1.54) is 24.3 Å². The number of rotatable bonds is 13. The van der Waals surface area contributed by atoms with Gasteiger partial charge in [0.2, 0.25) is 0 Å². The van der Waals surface area contributed by atoms with E-state index in [0.717, 1.165) is 61.4 Å². The molecule has 62 heavy (non-hydrogen) atoms. The SMILES string of the molecule is CC(C)c1nc(-c2ccccc2)cc(-c2ccc(F)cc2)c1/C=C/[C@@H]1C[C@@H](O)CC(=O)O1.CC(C)n1c(/C=C/[C@@H](O)C[C@@H](O)CC(=O)O)c(-c2ccc(F)cc2)c2ccccc21. The molecule has 1 saturated heterocycles. The summed E-state index contributed by atoms with van der Waals surface area (Å²) in [4.78, 5) is 27.4. The summed E-state index contributed by atoms with van der Waals surface area (Å²) in [6.45, 7) is 8.27. The number of carboxylic acid groups (broad SMARTS) is 1. The van der Waals surface area contributed by atoms with Gasteiger partial charge in [0.15, 0.2) is 0 Å². The number of aliphatic hydroxyl groups excluding tert-OH is 3. The zero-order chi connectivity index (χ0) is 44.5. The van der Waals surface area contributed by atoms with Crippen LogP contribution in [0.4, 0.5) is 8.78 Å². The molecule has 1 aliphatic rings. The number of cyclic esters (lactones) is 1. The molecule has 2 aromatic heterocycles. The van der Waals surface area contributed by atoms with Crippen molar-refractivity contribution in [2.45, 2.75) is 89.8 Å². The number of nitrogens with zero attached hydrogens (tertiary/aromatic N) is 2. The van der Waals surface area contributed by atoms with Crippen LogP contribution in [0.3, 0.4) is 0 Å². The fraction of sp³-hybridized carbons (Fsp3) is 0.275. The number of esters is 1. The van der Waals surface area contributed by atoms with E-state index in [2.05, 4.69) is 32.3 Å². The number of carboxylic acids is 1. The van der Waals surface area contributed by atoms with Gasteiger partial charge in [-0.25, -0.2) is 8.78 Å². The highest BCUT2D eigenvalue weighted by molar-refractivity contribution is 6.01. The van der Waals surface area contributed by atoms with E-state index < -0.39 is 42.8 Å². The molecule has 0 bridgehead atoms. The molecule has 11 heteroatoms. The van der Waals surface area contributed by atoms with Crippen LogP contribution in [0.1, 0.15) is 82.3 Å². The van der Waals surface area contributed by atoms with Crippen molar-refractivity contribution in [2.75, 3.05) is 0 Å². The quantitative estimate of drug-likeness (QED) is 0.0842. The summed E-state index contributed by atoms with van der Waals surface area (Å²) < 4.78 is 34.6. The summed E-state index contributed by atoms with van der Waals surface area (Å²) in [6.07, 6.45) is 3.62. The highest BCUT2D eigenvalue weighted by atomic mass is 19.1. The van der Waals surface area contributed by atoms with Gasteiger partial charge in [-0.15, -0.1) is 0 Å². The van der Waals surface area contributed by atoms with Crippen LogP contribution in [0, 0.1) is 11.6 Å². The van der Waals surface area contributed by atoms with E-state index in [-0.39, 0.29) is 36.4 Å². The number of para-hydroxylation sites is 1. The number of fused-ring (bicyclic) bond motifs is 1. The minimum atomic E-state index is -1.13. The van der Waals surface area contributed by atoms with Crippen LogP contribution in [-0.4, -0.2) is 66.3 Å². The van der Waals surface area contributed by atoms with E-state index in [0.29, 0.717) is 6.42 Å². The normalized spacial score (nSPS) is 16.5. The minimum absolute atomic E-state index is 0.0236. The highest BCUT2D eigenvalue weighted by Crippen LogP contribution is 2.38. The predicted molar refractivity (Wildman–Crippen MR) is 239 cm³/mol. The third-order valence-electron chi connectivity index (χ3n) is 10.5. The second-order valence-corrected chi connectivity index (χ2v) is 16.0. The van der Waals surface area contributed by atoms with Crippen LogP contribution in [0.2, 0.25) is 0 Å². The van der Waals surface area contributed by atoms with Crippen LogP contribution in [0.25, 0.3) is 56.6 Å². The minimum Gasteiger partial charge on any atom is -0.481 e. The lowest BCUT2D eigenvalue weighted by molar-refractivity contribution is -0.156. The van der Waals surface area contributed by atoms with Gasteiger partial charge in [0.1, 0.15) is 17.7 Å². The molecule has 3 heterocycles. The summed E-state index contributed by atoms with van der Waals surface area (Å²) in [5.74, 6) is -2.00. The first kappa shape index (κ1) is 45.3. The van der Waals surface area contributed by atoms with Gasteiger partial charge in [0.25, 0.3) is 0 Å². The Balaban J connectivity index is 0.000000207. The molecule has 7 rings (SSSR count). The molecule has 0 radical (unpaired) electrons. The van der Waals surface area contributed by atoms with Crippen LogP contribution in [-0.2, 0) is 14.3 Å². The molecule has 0 aliphatic carbocycles. The maximum absolute atomic E-state index is 13.6. The van der Waals surface area contributed by atoms with Crippen molar-refractivity contribution in [3.05, 3.63) is 150 Å². The van der Waals surface area contributed by atoms with E-state index in [9.17, 15) is 33.7 Å². The Bertz CT molecular complexity index is 2530. The molecular weight excluding hydrogens is 791 g/mol. The van der Waals surface area contributed by atoms with Crippen molar-refractivity contribution in [2.24, 2.45) is 0 Å². The van der Waals surface area contributed by atoms with Crippen molar-refractivity contribution in [1.82, 2.24) is 9.55 Å². The van der Waals surface area contributed by atoms with Crippen molar-refractivity contribution in [3.63, 3.8) is 0 Å². The Kier molecular flexibility index (Phi) is 15.0. The van der Waals surface area contributed by atoms with Gasteiger partial charge < -0.3 is 29.7 Å². The average Bonchev–Trinajstić information content (AvgIpc) is 3.57. The fourth-order valence-electron chi connectivity index (χ4n) is 7.71. The number of pyridine rings is 1. The molecule has 6 aromatic rings. The third kappa shape index (κ3) is 11.3. The second-order valence-electron chi connectivity index (χ2n) is 16.0. The summed E-state index contributed by atoms with van der Waals surface area (Å²) in [5, 5.41) is 39.8. The summed E-state index contributed by atoms with van der Waals surface area (Å²) >= 11 is 0. The largest absolute Gasteiger partial charge is 0.481 e. The highest BCUT2D eigenvalue weighted by Gasteiger charge is 2.26. The molecule has 4 N–H and O–H groups in total. The Morgan fingerprint density at radius 1 is 0.855 bits per heavy atom. The molecule has 0 unspecified atom stereocenters. The number of aliphatic carboxylic acids is 1. The molecular formula is C51H52F2N2O7. The molecule has 322 valence electrons. The van der Waals surface area contributed by atoms with Crippen molar-refractivity contribution in [1.29, 1.82) is 0 Å². The molecule has 1 aliphatic heterocycles. The third-order valence-corrected chi connectivity index (χ3v) is 10.5. The van der Waals surface area contributed by atoms with Gasteiger partial charge in [0.05, 0.1) is 42.5 Å². The monoisotopic (exact) mass is 842 g/mol. The van der Waals surface area contributed by atoms with Crippen molar-refractivity contribution < 1.29 is 43.5 Å². The Labute approximate surface area is 360 Å².